The highest BCUT2D eigenvalue weighted by Crippen LogP contribution is 2.35. The summed E-state index contributed by atoms with van der Waals surface area (Å²) in [4.78, 5) is 17.5. The number of amides is 1. The Labute approximate surface area is 187 Å². The number of nitrogens with zero attached hydrogens (tertiary/aromatic N) is 1. The van der Waals surface area contributed by atoms with Crippen molar-refractivity contribution < 1.29 is 13.9 Å². The molecule has 0 aliphatic heterocycles. The van der Waals surface area contributed by atoms with Gasteiger partial charge in [-0.2, -0.15) is 0 Å². The van der Waals surface area contributed by atoms with Gasteiger partial charge in [0.2, 0.25) is 5.91 Å². The second-order valence-electron chi connectivity index (χ2n) is 6.79. The van der Waals surface area contributed by atoms with E-state index in [4.69, 9.17) is 17.0 Å². The van der Waals surface area contributed by atoms with Crippen LogP contribution in [0.15, 0.2) is 66.9 Å². The van der Waals surface area contributed by atoms with E-state index in [0.29, 0.717) is 11.4 Å². The molecule has 5 nitrogen and oxygen atoms in total. The number of hydrogen-bond donors (Lipinski definition) is 2. The van der Waals surface area contributed by atoms with E-state index in [1.807, 2.05) is 43.3 Å². The molecule has 0 radical (unpaired) electrons. The lowest BCUT2D eigenvalue weighted by Crippen LogP contribution is -2.35. The molecule has 2 aromatic carbocycles. The summed E-state index contributed by atoms with van der Waals surface area (Å²) in [6.45, 7) is 1.98. The van der Waals surface area contributed by atoms with Gasteiger partial charge in [0.1, 0.15) is 5.75 Å². The second-order valence-corrected chi connectivity index (χ2v) is 8.46. The molecule has 31 heavy (non-hydrogen) atoms. The minimum atomic E-state index is -0.554. The van der Waals surface area contributed by atoms with Gasteiger partial charge in [0, 0.05) is 28.9 Å². The number of aromatic nitrogens is 1. The van der Waals surface area contributed by atoms with Gasteiger partial charge in [-0.05, 0) is 42.9 Å². The number of pyridine rings is 1. The van der Waals surface area contributed by atoms with Gasteiger partial charge in [0.15, 0.2) is 16.7 Å². The van der Waals surface area contributed by atoms with Crippen LogP contribution >= 0.6 is 23.6 Å². The lowest BCUT2D eigenvalue weighted by atomic mass is 10.1. The molecule has 1 amide bonds. The molecule has 2 aromatic heterocycles. The maximum atomic E-state index is 14.6. The molecule has 4 rings (SSSR count). The Morgan fingerprint density at radius 2 is 1.94 bits per heavy atom. The molecule has 0 aliphatic carbocycles. The fourth-order valence-electron chi connectivity index (χ4n) is 3.01. The van der Waals surface area contributed by atoms with Crippen molar-refractivity contribution in [1.29, 1.82) is 0 Å². The van der Waals surface area contributed by atoms with Crippen LogP contribution in [0.25, 0.3) is 10.2 Å². The molecule has 0 atom stereocenters. The number of carbonyl (C=O) groups excluding carboxylic acids is 1. The summed E-state index contributed by atoms with van der Waals surface area (Å²) in [6, 6.07) is 17.4. The summed E-state index contributed by atoms with van der Waals surface area (Å²) < 4.78 is 21.3. The lowest BCUT2D eigenvalue weighted by Gasteiger charge is -2.12. The summed E-state index contributed by atoms with van der Waals surface area (Å²) >= 11 is 6.70. The Hall–Kier alpha value is -3.36. The third-order valence-electron chi connectivity index (χ3n) is 4.37. The van der Waals surface area contributed by atoms with Crippen LogP contribution in [0.1, 0.15) is 10.4 Å². The van der Waals surface area contributed by atoms with Gasteiger partial charge in [-0.3, -0.25) is 9.78 Å². The quantitative estimate of drug-likeness (QED) is 0.387. The normalized spacial score (nSPS) is 10.6. The number of halogens is 1. The average Bonchev–Trinajstić information content (AvgIpc) is 3.11. The topological polar surface area (TPSA) is 63.2 Å². The molecule has 2 N–H and O–H groups in total. The summed E-state index contributed by atoms with van der Waals surface area (Å²) in [6.07, 6.45) is 1.83. The Balaban J connectivity index is 1.40. The van der Waals surface area contributed by atoms with E-state index in [1.165, 1.54) is 12.1 Å². The van der Waals surface area contributed by atoms with E-state index in [-0.39, 0.29) is 23.2 Å². The first-order valence-corrected chi connectivity index (χ1v) is 10.7. The number of aryl methyl sites for hydroxylation is 1. The van der Waals surface area contributed by atoms with Gasteiger partial charge < -0.3 is 15.4 Å². The number of nitrogens with one attached hydrogen (secondary N) is 2. The SMILES string of the molecule is Cc1cc2nccc(Oc3ccc(NC(=S)NC(=O)Cc4ccccc4)cc3F)c2s1. The van der Waals surface area contributed by atoms with Crippen molar-refractivity contribution in [1.82, 2.24) is 10.3 Å². The summed E-state index contributed by atoms with van der Waals surface area (Å²) in [5.74, 6) is -0.173. The van der Waals surface area contributed by atoms with E-state index >= 15 is 0 Å². The van der Waals surface area contributed by atoms with Crippen molar-refractivity contribution >= 4 is 50.5 Å². The van der Waals surface area contributed by atoms with Crippen LogP contribution in [0.5, 0.6) is 11.5 Å². The molecule has 4 aromatic rings. The minimum absolute atomic E-state index is 0.0862. The Morgan fingerprint density at radius 1 is 1.13 bits per heavy atom. The van der Waals surface area contributed by atoms with Crippen molar-refractivity contribution in [2.75, 3.05) is 5.32 Å². The first-order valence-electron chi connectivity index (χ1n) is 9.45. The van der Waals surface area contributed by atoms with E-state index in [0.717, 1.165) is 20.7 Å². The fourth-order valence-corrected chi connectivity index (χ4v) is 4.16. The fraction of sp³-hybridized carbons (Fsp3) is 0.0870. The highest BCUT2D eigenvalue weighted by atomic mass is 32.1. The predicted molar refractivity (Wildman–Crippen MR) is 125 cm³/mol. The maximum absolute atomic E-state index is 14.6. The minimum Gasteiger partial charge on any atom is -0.453 e. The maximum Gasteiger partial charge on any atom is 0.230 e. The molecule has 156 valence electrons. The van der Waals surface area contributed by atoms with Crippen molar-refractivity contribution in [2.45, 2.75) is 13.3 Å². The number of thiophene rings is 1. The van der Waals surface area contributed by atoms with Gasteiger partial charge in [-0.1, -0.05) is 30.3 Å². The molecule has 8 heteroatoms. The summed E-state index contributed by atoms with van der Waals surface area (Å²) in [7, 11) is 0. The number of fused-ring (bicyclic) bond motifs is 1. The van der Waals surface area contributed by atoms with Crippen LogP contribution < -0.4 is 15.4 Å². The monoisotopic (exact) mass is 451 g/mol. The molecule has 2 heterocycles. The summed E-state index contributed by atoms with van der Waals surface area (Å²) in [5, 5.41) is 5.51. The lowest BCUT2D eigenvalue weighted by molar-refractivity contribution is -0.119. The zero-order valence-corrected chi connectivity index (χ0v) is 18.1. The predicted octanol–water partition coefficient (Wildman–Crippen LogP) is 5.59. The highest BCUT2D eigenvalue weighted by Gasteiger charge is 2.12. The van der Waals surface area contributed by atoms with Crippen LogP contribution in [0.2, 0.25) is 0 Å². The zero-order chi connectivity index (χ0) is 21.8. The summed E-state index contributed by atoms with van der Waals surface area (Å²) in [5.41, 5.74) is 2.10. The van der Waals surface area contributed by atoms with Crippen LogP contribution in [0.4, 0.5) is 10.1 Å². The van der Waals surface area contributed by atoms with E-state index in [2.05, 4.69) is 15.6 Å². The first-order chi connectivity index (χ1) is 15.0. The Bertz CT molecular complexity index is 1260. The smallest absolute Gasteiger partial charge is 0.230 e. The van der Waals surface area contributed by atoms with Crippen LogP contribution in [0.3, 0.4) is 0 Å². The standard InChI is InChI=1S/C23H18FN3O2S2/c1-14-11-18-22(31-14)20(9-10-25-18)29-19-8-7-16(13-17(19)24)26-23(30)27-21(28)12-15-5-3-2-4-6-15/h2-11,13H,12H2,1H3,(H2,26,27,28,30). The molecule has 0 saturated heterocycles. The number of rotatable bonds is 5. The molecular weight excluding hydrogens is 433 g/mol. The number of hydrogen-bond acceptors (Lipinski definition) is 5. The van der Waals surface area contributed by atoms with Gasteiger partial charge in [-0.25, -0.2) is 4.39 Å². The van der Waals surface area contributed by atoms with Crippen LogP contribution in [-0.4, -0.2) is 16.0 Å². The van der Waals surface area contributed by atoms with Gasteiger partial charge >= 0.3 is 0 Å². The van der Waals surface area contributed by atoms with Crippen molar-refractivity contribution in [2.24, 2.45) is 0 Å². The Morgan fingerprint density at radius 3 is 2.71 bits per heavy atom. The van der Waals surface area contributed by atoms with Crippen LogP contribution in [0, 0.1) is 12.7 Å². The molecule has 0 bridgehead atoms. The molecule has 0 fully saturated rings. The van der Waals surface area contributed by atoms with Crippen molar-refractivity contribution in [3.05, 3.63) is 83.1 Å². The van der Waals surface area contributed by atoms with Gasteiger partial charge in [0.05, 0.1) is 16.6 Å². The number of carbonyl (C=O) groups is 1. The van der Waals surface area contributed by atoms with E-state index < -0.39 is 5.82 Å². The Kier molecular flexibility index (Phi) is 6.20. The van der Waals surface area contributed by atoms with Crippen LogP contribution in [-0.2, 0) is 11.2 Å². The molecular formula is C23H18FN3O2S2. The van der Waals surface area contributed by atoms with E-state index in [9.17, 15) is 9.18 Å². The third-order valence-corrected chi connectivity index (χ3v) is 5.63. The number of anilines is 1. The molecule has 0 spiro atoms. The second kappa shape index (κ2) is 9.20. The highest BCUT2D eigenvalue weighted by molar-refractivity contribution is 7.80. The first kappa shape index (κ1) is 20.9. The molecule has 0 saturated carbocycles. The molecule has 0 aliphatic rings. The van der Waals surface area contributed by atoms with Crippen molar-refractivity contribution in [3.8, 4) is 11.5 Å². The number of ether oxygens (including phenoxy) is 1. The van der Waals surface area contributed by atoms with Gasteiger partial charge in [-0.15, -0.1) is 11.3 Å². The number of thiocarbonyl (C=S) groups is 1. The third kappa shape index (κ3) is 5.22. The number of benzene rings is 2. The van der Waals surface area contributed by atoms with Gasteiger partial charge in [0.25, 0.3) is 0 Å². The largest absolute Gasteiger partial charge is 0.453 e. The van der Waals surface area contributed by atoms with Crippen molar-refractivity contribution in [3.63, 3.8) is 0 Å². The zero-order valence-electron chi connectivity index (χ0n) is 16.5. The average molecular weight is 452 g/mol. The molecule has 0 unspecified atom stereocenters. The van der Waals surface area contributed by atoms with E-state index in [1.54, 1.807) is 29.7 Å².